The van der Waals surface area contributed by atoms with Gasteiger partial charge in [-0.15, -0.1) is 11.8 Å². The number of aliphatic carboxylic acids is 1. The first-order valence-corrected chi connectivity index (χ1v) is 7.93. The second-order valence-electron chi connectivity index (χ2n) is 5.02. The Balaban J connectivity index is 1.91. The van der Waals surface area contributed by atoms with Crippen LogP contribution in [0.25, 0.3) is 0 Å². The van der Waals surface area contributed by atoms with Gasteiger partial charge in [0, 0.05) is 25.4 Å². The van der Waals surface area contributed by atoms with Gasteiger partial charge in [0.25, 0.3) is 0 Å². The molecule has 2 unspecified atom stereocenters. The smallest absolute Gasteiger partial charge is 0.327 e. The van der Waals surface area contributed by atoms with Crippen LogP contribution in [0.3, 0.4) is 0 Å². The van der Waals surface area contributed by atoms with Gasteiger partial charge < -0.3 is 14.7 Å². The molecule has 6 heteroatoms. The standard InChI is InChI=1S/C13H21NO4S/c1-2-18-7-3-4-11(15)14-10(13(16)17)8-19-12(14)9-5-6-9/h9-10,12H,2-8H2,1H3,(H,16,17). The number of carbonyl (C=O) groups is 2. The molecule has 1 aliphatic carbocycles. The van der Waals surface area contributed by atoms with E-state index in [0.717, 1.165) is 12.8 Å². The van der Waals surface area contributed by atoms with Crippen LogP contribution in [-0.4, -0.2) is 52.3 Å². The van der Waals surface area contributed by atoms with E-state index in [9.17, 15) is 14.7 Å². The fourth-order valence-corrected chi connectivity index (χ4v) is 4.03. The fourth-order valence-electron chi connectivity index (χ4n) is 2.38. The Kier molecular flexibility index (Phi) is 5.10. The molecule has 0 spiro atoms. The first kappa shape index (κ1) is 14.7. The van der Waals surface area contributed by atoms with E-state index in [1.807, 2.05) is 6.92 Å². The molecule has 0 radical (unpaired) electrons. The Morgan fingerprint density at radius 2 is 2.16 bits per heavy atom. The van der Waals surface area contributed by atoms with Gasteiger partial charge in [0.2, 0.25) is 5.91 Å². The molecule has 19 heavy (non-hydrogen) atoms. The SMILES string of the molecule is CCOCCCC(=O)N1C(C(=O)O)CSC1C1CC1. The van der Waals surface area contributed by atoms with Crippen molar-refractivity contribution in [1.29, 1.82) is 0 Å². The predicted octanol–water partition coefficient (Wildman–Crippen LogP) is 1.57. The number of thioether (sulfide) groups is 1. The first-order valence-electron chi connectivity index (χ1n) is 6.88. The van der Waals surface area contributed by atoms with E-state index >= 15 is 0 Å². The molecule has 1 aliphatic heterocycles. The van der Waals surface area contributed by atoms with E-state index < -0.39 is 12.0 Å². The summed E-state index contributed by atoms with van der Waals surface area (Å²) < 4.78 is 5.22. The molecule has 2 fully saturated rings. The fraction of sp³-hybridized carbons (Fsp3) is 0.846. The topological polar surface area (TPSA) is 66.8 Å². The van der Waals surface area contributed by atoms with Crippen LogP contribution in [-0.2, 0) is 14.3 Å². The molecule has 0 bridgehead atoms. The predicted molar refractivity (Wildman–Crippen MR) is 73.0 cm³/mol. The molecule has 108 valence electrons. The maximum atomic E-state index is 12.3. The van der Waals surface area contributed by atoms with Crippen LogP contribution >= 0.6 is 11.8 Å². The molecule has 0 aromatic rings. The van der Waals surface area contributed by atoms with Crippen LogP contribution in [0.5, 0.6) is 0 Å². The minimum Gasteiger partial charge on any atom is -0.480 e. The molecular weight excluding hydrogens is 266 g/mol. The number of hydrogen-bond acceptors (Lipinski definition) is 4. The number of hydrogen-bond donors (Lipinski definition) is 1. The van der Waals surface area contributed by atoms with Gasteiger partial charge in [0.05, 0.1) is 5.37 Å². The summed E-state index contributed by atoms with van der Waals surface area (Å²) in [7, 11) is 0. The van der Waals surface area contributed by atoms with Crippen LogP contribution in [0, 0.1) is 5.92 Å². The molecule has 1 N–H and O–H groups in total. The van der Waals surface area contributed by atoms with Crippen molar-refractivity contribution >= 4 is 23.6 Å². The lowest BCUT2D eigenvalue weighted by atomic mass is 10.2. The Labute approximate surface area is 117 Å². The number of carboxylic acids is 1. The van der Waals surface area contributed by atoms with Crippen molar-refractivity contribution in [2.75, 3.05) is 19.0 Å². The number of carbonyl (C=O) groups excluding carboxylic acids is 1. The van der Waals surface area contributed by atoms with Crippen LogP contribution < -0.4 is 0 Å². The number of carboxylic acid groups (broad SMARTS) is 1. The van der Waals surface area contributed by atoms with Gasteiger partial charge in [-0.25, -0.2) is 4.79 Å². The van der Waals surface area contributed by atoms with Gasteiger partial charge >= 0.3 is 5.97 Å². The van der Waals surface area contributed by atoms with Crippen LogP contribution in [0.4, 0.5) is 0 Å². The molecule has 1 amide bonds. The minimum absolute atomic E-state index is 0.0333. The highest BCUT2D eigenvalue weighted by Crippen LogP contribution is 2.45. The Morgan fingerprint density at radius 1 is 1.42 bits per heavy atom. The normalized spacial score (nSPS) is 26.7. The quantitative estimate of drug-likeness (QED) is 0.720. The van der Waals surface area contributed by atoms with Crippen molar-refractivity contribution in [2.45, 2.75) is 44.0 Å². The molecular formula is C13H21NO4S. The molecule has 2 rings (SSSR count). The molecule has 1 saturated heterocycles. The lowest BCUT2D eigenvalue weighted by Crippen LogP contribution is -2.46. The first-order chi connectivity index (χ1) is 9.15. The number of nitrogens with zero attached hydrogens (tertiary/aromatic N) is 1. The maximum absolute atomic E-state index is 12.3. The van der Waals surface area contributed by atoms with Crippen molar-refractivity contribution in [3.8, 4) is 0 Å². The van der Waals surface area contributed by atoms with Crippen molar-refractivity contribution < 1.29 is 19.4 Å². The summed E-state index contributed by atoms with van der Waals surface area (Å²) in [4.78, 5) is 25.1. The Morgan fingerprint density at radius 3 is 2.74 bits per heavy atom. The van der Waals surface area contributed by atoms with E-state index in [1.54, 1.807) is 16.7 Å². The van der Waals surface area contributed by atoms with E-state index in [2.05, 4.69) is 0 Å². The molecule has 0 aromatic carbocycles. The lowest BCUT2D eigenvalue weighted by Gasteiger charge is -2.27. The third-order valence-electron chi connectivity index (χ3n) is 3.52. The van der Waals surface area contributed by atoms with Crippen molar-refractivity contribution in [3.63, 3.8) is 0 Å². The lowest BCUT2D eigenvalue weighted by molar-refractivity contribution is -0.149. The number of rotatable bonds is 7. The zero-order valence-corrected chi connectivity index (χ0v) is 12.0. The highest BCUT2D eigenvalue weighted by molar-refractivity contribution is 8.00. The molecule has 0 aromatic heterocycles. The highest BCUT2D eigenvalue weighted by atomic mass is 32.2. The second-order valence-corrected chi connectivity index (χ2v) is 6.17. The zero-order valence-electron chi connectivity index (χ0n) is 11.2. The minimum atomic E-state index is -0.881. The van der Waals surface area contributed by atoms with Crippen LogP contribution in [0.2, 0.25) is 0 Å². The highest BCUT2D eigenvalue weighted by Gasteiger charge is 2.47. The van der Waals surface area contributed by atoms with E-state index in [1.165, 1.54) is 0 Å². The summed E-state index contributed by atoms with van der Waals surface area (Å²) in [5, 5.41) is 9.31. The Bertz CT molecular complexity index is 346. The van der Waals surface area contributed by atoms with E-state index in [0.29, 0.717) is 37.7 Å². The summed E-state index contributed by atoms with van der Waals surface area (Å²) in [5.74, 6) is 0.112. The summed E-state index contributed by atoms with van der Waals surface area (Å²) in [6.07, 6.45) is 3.28. The molecule has 2 atom stereocenters. The van der Waals surface area contributed by atoms with Crippen LogP contribution in [0.1, 0.15) is 32.6 Å². The molecule has 2 aliphatic rings. The van der Waals surface area contributed by atoms with Gasteiger partial charge in [-0.1, -0.05) is 0 Å². The van der Waals surface area contributed by atoms with Crippen LogP contribution in [0.15, 0.2) is 0 Å². The number of ether oxygens (including phenoxy) is 1. The van der Waals surface area contributed by atoms with Gasteiger partial charge in [-0.05, 0) is 32.1 Å². The third kappa shape index (κ3) is 3.63. The third-order valence-corrected chi connectivity index (χ3v) is 4.98. The Hall–Kier alpha value is -0.750. The van der Waals surface area contributed by atoms with Crippen molar-refractivity contribution in [2.24, 2.45) is 5.92 Å². The average Bonchev–Trinajstić information content (AvgIpc) is 3.12. The largest absolute Gasteiger partial charge is 0.480 e. The van der Waals surface area contributed by atoms with Gasteiger partial charge in [-0.2, -0.15) is 0 Å². The number of amides is 1. The summed E-state index contributed by atoms with van der Waals surface area (Å²) in [6, 6.07) is -0.643. The monoisotopic (exact) mass is 287 g/mol. The summed E-state index contributed by atoms with van der Waals surface area (Å²) in [6.45, 7) is 3.13. The van der Waals surface area contributed by atoms with Crippen molar-refractivity contribution in [3.05, 3.63) is 0 Å². The zero-order chi connectivity index (χ0) is 13.8. The van der Waals surface area contributed by atoms with Gasteiger partial charge in [0.15, 0.2) is 0 Å². The van der Waals surface area contributed by atoms with E-state index in [-0.39, 0.29) is 11.3 Å². The maximum Gasteiger partial charge on any atom is 0.327 e. The average molecular weight is 287 g/mol. The molecule has 1 heterocycles. The summed E-state index contributed by atoms with van der Waals surface area (Å²) >= 11 is 1.62. The second kappa shape index (κ2) is 6.61. The van der Waals surface area contributed by atoms with E-state index in [4.69, 9.17) is 4.74 Å². The van der Waals surface area contributed by atoms with Gasteiger partial charge in [-0.3, -0.25) is 4.79 Å². The van der Waals surface area contributed by atoms with Crippen molar-refractivity contribution in [1.82, 2.24) is 4.90 Å². The summed E-state index contributed by atoms with van der Waals surface area (Å²) in [5.41, 5.74) is 0. The molecule has 5 nitrogen and oxygen atoms in total. The molecule has 1 saturated carbocycles. The van der Waals surface area contributed by atoms with Gasteiger partial charge in [0.1, 0.15) is 6.04 Å².